The van der Waals surface area contributed by atoms with Gasteiger partial charge in [-0.15, -0.1) is 0 Å². The molecule has 0 amide bonds. The van der Waals surface area contributed by atoms with Crippen LogP contribution in [0.3, 0.4) is 0 Å². The van der Waals surface area contributed by atoms with Crippen LogP contribution in [0, 0.1) is 0 Å². The molecule has 1 aromatic rings. The van der Waals surface area contributed by atoms with Crippen molar-refractivity contribution < 1.29 is 4.74 Å². The van der Waals surface area contributed by atoms with E-state index in [1.807, 2.05) is 7.05 Å². The number of rotatable bonds is 8. The van der Waals surface area contributed by atoms with Crippen LogP contribution in [0.4, 0.5) is 0 Å². The van der Waals surface area contributed by atoms with E-state index in [-0.39, 0.29) is 0 Å². The average molecular weight is 221 g/mol. The van der Waals surface area contributed by atoms with Crippen molar-refractivity contribution in [2.24, 2.45) is 0 Å². The molecule has 16 heavy (non-hydrogen) atoms. The Hall–Kier alpha value is -1.02. The van der Waals surface area contributed by atoms with Crippen molar-refractivity contribution in [2.45, 2.75) is 32.6 Å². The Kier molecular flexibility index (Phi) is 6.66. The maximum atomic E-state index is 5.67. The first-order valence-electron chi connectivity index (χ1n) is 6.23. The monoisotopic (exact) mass is 221 g/mol. The van der Waals surface area contributed by atoms with Crippen molar-refractivity contribution in [2.75, 3.05) is 20.2 Å². The lowest BCUT2D eigenvalue weighted by Crippen LogP contribution is -2.07. The van der Waals surface area contributed by atoms with Crippen molar-refractivity contribution >= 4 is 0 Å². The highest BCUT2D eigenvalue weighted by Gasteiger charge is 1.94. The fraction of sp³-hybridized carbons (Fsp3) is 0.571. The van der Waals surface area contributed by atoms with Gasteiger partial charge in [0.1, 0.15) is 5.75 Å². The maximum absolute atomic E-state index is 5.67. The van der Waals surface area contributed by atoms with Crippen molar-refractivity contribution in [3.05, 3.63) is 29.8 Å². The number of hydrogen-bond acceptors (Lipinski definition) is 2. The molecule has 0 aliphatic heterocycles. The van der Waals surface area contributed by atoms with Gasteiger partial charge in [0.25, 0.3) is 0 Å². The van der Waals surface area contributed by atoms with Gasteiger partial charge in [-0.2, -0.15) is 0 Å². The van der Waals surface area contributed by atoms with E-state index in [9.17, 15) is 0 Å². The van der Waals surface area contributed by atoms with E-state index in [2.05, 4.69) is 36.5 Å². The Morgan fingerprint density at radius 3 is 2.44 bits per heavy atom. The topological polar surface area (TPSA) is 21.3 Å². The zero-order chi connectivity index (χ0) is 11.6. The van der Waals surface area contributed by atoms with Crippen molar-refractivity contribution in [1.29, 1.82) is 0 Å². The molecule has 0 aromatic heterocycles. The van der Waals surface area contributed by atoms with Crippen molar-refractivity contribution in [3.8, 4) is 5.75 Å². The van der Waals surface area contributed by atoms with Gasteiger partial charge in [-0.3, -0.25) is 0 Å². The number of hydrogen-bond donors (Lipinski definition) is 1. The minimum atomic E-state index is 0.829. The van der Waals surface area contributed by atoms with Gasteiger partial charge in [0.15, 0.2) is 0 Å². The average Bonchev–Trinajstić information content (AvgIpc) is 2.34. The second-order valence-electron chi connectivity index (χ2n) is 4.01. The molecule has 0 fully saturated rings. The molecule has 0 bridgehead atoms. The Morgan fingerprint density at radius 2 is 1.81 bits per heavy atom. The van der Waals surface area contributed by atoms with Crippen LogP contribution in [0.15, 0.2) is 24.3 Å². The highest BCUT2D eigenvalue weighted by atomic mass is 16.5. The molecule has 0 aliphatic carbocycles. The first-order valence-corrected chi connectivity index (χ1v) is 6.23. The van der Waals surface area contributed by atoms with Crippen LogP contribution >= 0.6 is 0 Å². The predicted octanol–water partition coefficient (Wildman–Crippen LogP) is 3.02. The fourth-order valence-electron chi connectivity index (χ4n) is 1.59. The van der Waals surface area contributed by atoms with Gasteiger partial charge in [-0.25, -0.2) is 0 Å². The van der Waals surface area contributed by atoms with E-state index in [0.717, 1.165) is 31.7 Å². The highest BCUT2D eigenvalue weighted by molar-refractivity contribution is 5.27. The Morgan fingerprint density at radius 1 is 1.06 bits per heavy atom. The van der Waals surface area contributed by atoms with Crippen molar-refractivity contribution in [1.82, 2.24) is 5.32 Å². The highest BCUT2D eigenvalue weighted by Crippen LogP contribution is 2.12. The molecule has 2 heteroatoms. The molecule has 0 atom stereocenters. The zero-order valence-corrected chi connectivity index (χ0v) is 10.5. The summed E-state index contributed by atoms with van der Waals surface area (Å²) < 4.78 is 5.67. The van der Waals surface area contributed by atoms with Crippen LogP contribution in [0.2, 0.25) is 0 Å². The molecular formula is C14H23NO. The third-order valence-corrected chi connectivity index (χ3v) is 2.67. The van der Waals surface area contributed by atoms with Gasteiger partial charge in [0, 0.05) is 0 Å². The van der Waals surface area contributed by atoms with Crippen LogP contribution < -0.4 is 10.1 Å². The van der Waals surface area contributed by atoms with Crippen LogP contribution in [0.1, 0.15) is 31.7 Å². The molecule has 1 aromatic carbocycles. The number of benzene rings is 1. The lowest BCUT2D eigenvalue weighted by atomic mass is 10.2. The summed E-state index contributed by atoms with van der Waals surface area (Å²) in [7, 11) is 1.99. The van der Waals surface area contributed by atoms with Gasteiger partial charge < -0.3 is 10.1 Å². The van der Waals surface area contributed by atoms with E-state index in [0.29, 0.717) is 0 Å². The number of ether oxygens (including phenoxy) is 1. The Bertz CT molecular complexity index is 269. The molecule has 1 rings (SSSR count). The molecule has 0 unspecified atom stereocenters. The molecule has 0 aliphatic rings. The summed E-state index contributed by atoms with van der Waals surface area (Å²) in [6.07, 6.45) is 4.68. The Balaban J connectivity index is 2.12. The third-order valence-electron chi connectivity index (χ3n) is 2.67. The van der Waals surface area contributed by atoms with Crippen LogP contribution in [-0.2, 0) is 6.42 Å². The summed E-state index contributed by atoms with van der Waals surface area (Å²) >= 11 is 0. The van der Waals surface area contributed by atoms with Crippen LogP contribution in [0.25, 0.3) is 0 Å². The largest absolute Gasteiger partial charge is 0.494 e. The second kappa shape index (κ2) is 8.17. The van der Waals surface area contributed by atoms with E-state index in [1.165, 1.54) is 18.4 Å². The van der Waals surface area contributed by atoms with Gasteiger partial charge >= 0.3 is 0 Å². The molecule has 0 saturated carbocycles. The first-order chi connectivity index (χ1) is 7.86. The van der Waals surface area contributed by atoms with E-state index in [1.54, 1.807) is 0 Å². The molecule has 0 spiro atoms. The summed E-state index contributed by atoms with van der Waals surface area (Å²) in [5.74, 6) is 0.991. The second-order valence-corrected chi connectivity index (χ2v) is 4.01. The quantitative estimate of drug-likeness (QED) is 0.681. The van der Waals surface area contributed by atoms with Crippen LogP contribution in [0.5, 0.6) is 5.75 Å². The zero-order valence-electron chi connectivity index (χ0n) is 10.5. The lowest BCUT2D eigenvalue weighted by Gasteiger charge is -2.06. The summed E-state index contributed by atoms with van der Waals surface area (Å²) in [6.45, 7) is 4.10. The number of unbranched alkanes of at least 4 members (excludes halogenated alkanes) is 2. The fourth-order valence-corrected chi connectivity index (χ4v) is 1.59. The van der Waals surface area contributed by atoms with Crippen LogP contribution in [-0.4, -0.2) is 20.2 Å². The third kappa shape index (κ3) is 5.17. The summed E-state index contributed by atoms with van der Waals surface area (Å²) in [5, 5.41) is 3.15. The summed E-state index contributed by atoms with van der Waals surface area (Å²) in [5.41, 5.74) is 1.36. The number of nitrogens with one attached hydrogen (secondary N) is 1. The molecular weight excluding hydrogens is 198 g/mol. The standard InChI is InChI=1S/C14H23NO/c1-3-13-7-9-14(10-8-13)16-12-6-4-5-11-15-2/h7-10,15H,3-6,11-12H2,1-2H3. The van der Waals surface area contributed by atoms with Gasteiger partial charge in [0.2, 0.25) is 0 Å². The normalized spacial score (nSPS) is 10.4. The minimum absolute atomic E-state index is 0.829. The molecule has 1 N–H and O–H groups in total. The Labute approximate surface area is 99.0 Å². The summed E-state index contributed by atoms with van der Waals surface area (Å²) in [6, 6.07) is 8.39. The van der Waals surface area contributed by atoms with E-state index >= 15 is 0 Å². The van der Waals surface area contributed by atoms with Gasteiger partial charge in [-0.1, -0.05) is 19.1 Å². The number of aryl methyl sites for hydroxylation is 1. The van der Waals surface area contributed by atoms with Gasteiger partial charge in [0.05, 0.1) is 6.61 Å². The molecule has 0 radical (unpaired) electrons. The summed E-state index contributed by atoms with van der Waals surface area (Å²) in [4.78, 5) is 0. The molecule has 0 heterocycles. The predicted molar refractivity (Wildman–Crippen MR) is 69.1 cm³/mol. The van der Waals surface area contributed by atoms with E-state index < -0.39 is 0 Å². The van der Waals surface area contributed by atoms with E-state index in [4.69, 9.17) is 4.74 Å². The molecule has 90 valence electrons. The molecule has 2 nitrogen and oxygen atoms in total. The SMILES string of the molecule is CCc1ccc(OCCCCCNC)cc1. The maximum Gasteiger partial charge on any atom is 0.119 e. The smallest absolute Gasteiger partial charge is 0.119 e. The van der Waals surface area contributed by atoms with Crippen molar-refractivity contribution in [3.63, 3.8) is 0 Å². The van der Waals surface area contributed by atoms with Gasteiger partial charge in [-0.05, 0) is 57.0 Å². The minimum Gasteiger partial charge on any atom is -0.494 e. The lowest BCUT2D eigenvalue weighted by molar-refractivity contribution is 0.305. The molecule has 0 saturated heterocycles. The first kappa shape index (κ1) is 13.0.